The molecule has 1 saturated heterocycles. The van der Waals surface area contributed by atoms with Gasteiger partial charge in [-0.15, -0.1) is 10.2 Å². The number of anilines is 1. The third-order valence-electron chi connectivity index (χ3n) is 6.17. The van der Waals surface area contributed by atoms with Gasteiger partial charge in [0.25, 0.3) is 0 Å². The number of rotatable bonds is 7. The van der Waals surface area contributed by atoms with Crippen LogP contribution in [0.15, 0.2) is 35.2 Å². The van der Waals surface area contributed by atoms with Gasteiger partial charge in [0.1, 0.15) is 10.7 Å². The van der Waals surface area contributed by atoms with Gasteiger partial charge in [0, 0.05) is 24.0 Å². The van der Waals surface area contributed by atoms with Crippen molar-refractivity contribution >= 4 is 27.3 Å². The number of hydrogen-bond acceptors (Lipinski definition) is 7. The van der Waals surface area contributed by atoms with Gasteiger partial charge in [-0.1, -0.05) is 29.8 Å². The van der Waals surface area contributed by atoms with Crippen molar-refractivity contribution in [1.29, 1.82) is 0 Å². The molecule has 2 aromatic carbocycles. The second kappa shape index (κ2) is 9.95. The molecule has 1 fully saturated rings. The van der Waals surface area contributed by atoms with Gasteiger partial charge in [-0.3, -0.25) is 0 Å². The zero-order valence-electron chi connectivity index (χ0n) is 19.0. The highest BCUT2D eigenvalue weighted by molar-refractivity contribution is 7.89. The number of nitrogens with one attached hydrogen (secondary N) is 2. The van der Waals surface area contributed by atoms with Crippen LogP contribution in [0.1, 0.15) is 41.4 Å². The second-order valence-corrected chi connectivity index (χ2v) is 10.4. The molecule has 0 radical (unpaired) electrons. The van der Waals surface area contributed by atoms with E-state index in [0.29, 0.717) is 42.6 Å². The molecule has 0 bridgehead atoms. The molecule has 2 atom stereocenters. The van der Waals surface area contributed by atoms with Gasteiger partial charge in [0.15, 0.2) is 5.82 Å². The fourth-order valence-corrected chi connectivity index (χ4v) is 5.86. The summed E-state index contributed by atoms with van der Waals surface area (Å²) < 4.78 is 50.4. The maximum atomic E-state index is 14.9. The summed E-state index contributed by atoms with van der Waals surface area (Å²) in [5, 5.41) is 14.4. The number of sulfonamides is 1. The molecule has 0 spiro atoms. The number of aromatic nitrogens is 4. The Morgan fingerprint density at radius 1 is 1.21 bits per heavy atom. The molecule has 0 aliphatic carbocycles. The standard InChI is InChI=1S/C22H26ClFN6O3S/c1-13-4-6-17(24)20(14(13)2)15(3)21(22-25-28-29-26-22)27-34(31,32)19-7-5-16(23)12-18(19)30-8-10-33-11-9-30/h4-7,12,15,21,27H,8-11H2,1-3H3,(H,25,26,28,29)/t15-,21+/m1/s1. The van der Waals surface area contributed by atoms with Crippen LogP contribution in [-0.4, -0.2) is 55.3 Å². The molecule has 2 heterocycles. The Kier molecular flexibility index (Phi) is 7.17. The van der Waals surface area contributed by atoms with Crippen molar-refractivity contribution in [3.05, 3.63) is 63.7 Å². The van der Waals surface area contributed by atoms with E-state index in [0.717, 1.165) is 11.1 Å². The molecule has 3 aromatic rings. The number of halogens is 2. The fraction of sp³-hybridized carbons (Fsp3) is 0.409. The number of hydrogen-bond donors (Lipinski definition) is 2. The van der Waals surface area contributed by atoms with Gasteiger partial charge in [0.2, 0.25) is 10.0 Å². The normalized spacial score (nSPS) is 16.4. The second-order valence-electron chi connectivity index (χ2n) is 8.27. The summed E-state index contributed by atoms with van der Waals surface area (Å²) in [6.07, 6.45) is 0. The van der Waals surface area contributed by atoms with Crippen molar-refractivity contribution in [2.45, 2.75) is 37.6 Å². The molecule has 2 N–H and O–H groups in total. The monoisotopic (exact) mass is 508 g/mol. The average molecular weight is 509 g/mol. The van der Waals surface area contributed by atoms with Crippen molar-refractivity contribution in [2.24, 2.45) is 0 Å². The van der Waals surface area contributed by atoms with Gasteiger partial charge in [0.05, 0.1) is 24.9 Å². The van der Waals surface area contributed by atoms with Crippen molar-refractivity contribution < 1.29 is 17.5 Å². The minimum Gasteiger partial charge on any atom is -0.378 e. The van der Waals surface area contributed by atoms with Crippen LogP contribution in [0, 0.1) is 19.7 Å². The van der Waals surface area contributed by atoms with Crippen LogP contribution in [0.2, 0.25) is 5.02 Å². The number of nitrogens with zero attached hydrogens (tertiary/aromatic N) is 4. The molecule has 0 amide bonds. The molecule has 182 valence electrons. The van der Waals surface area contributed by atoms with Crippen LogP contribution in [-0.2, 0) is 14.8 Å². The Bertz CT molecular complexity index is 1270. The summed E-state index contributed by atoms with van der Waals surface area (Å²) in [7, 11) is -4.11. The van der Waals surface area contributed by atoms with Crippen molar-refractivity contribution in [3.63, 3.8) is 0 Å². The topological polar surface area (TPSA) is 113 Å². The zero-order chi connectivity index (χ0) is 24.5. The Balaban J connectivity index is 1.76. The van der Waals surface area contributed by atoms with Crippen LogP contribution in [0.25, 0.3) is 0 Å². The van der Waals surface area contributed by atoms with Gasteiger partial charge in [-0.2, -0.15) is 9.94 Å². The lowest BCUT2D eigenvalue weighted by Crippen LogP contribution is -2.38. The molecule has 9 nitrogen and oxygen atoms in total. The van der Waals surface area contributed by atoms with E-state index in [4.69, 9.17) is 16.3 Å². The highest BCUT2D eigenvalue weighted by atomic mass is 35.5. The summed E-state index contributed by atoms with van der Waals surface area (Å²) >= 11 is 6.21. The SMILES string of the molecule is Cc1ccc(F)c([C@@H](C)[C@H](NS(=O)(=O)c2ccc(Cl)cc2N2CCOCC2)c2nn[nH]n2)c1C. The van der Waals surface area contributed by atoms with E-state index < -0.39 is 27.8 Å². The maximum Gasteiger partial charge on any atom is 0.243 e. The molecule has 34 heavy (non-hydrogen) atoms. The van der Waals surface area contributed by atoms with Crippen molar-refractivity contribution in [2.75, 3.05) is 31.2 Å². The first-order chi connectivity index (χ1) is 16.2. The quantitative estimate of drug-likeness (QED) is 0.503. The molecule has 4 rings (SSSR count). The third kappa shape index (κ3) is 4.92. The zero-order valence-corrected chi connectivity index (χ0v) is 20.6. The van der Waals surface area contributed by atoms with E-state index in [9.17, 15) is 12.8 Å². The lowest BCUT2D eigenvalue weighted by Gasteiger charge is -2.31. The van der Waals surface area contributed by atoms with Crippen molar-refractivity contribution in [3.8, 4) is 0 Å². The smallest absolute Gasteiger partial charge is 0.243 e. The highest BCUT2D eigenvalue weighted by Gasteiger charge is 2.34. The van der Waals surface area contributed by atoms with Gasteiger partial charge in [-0.05, 0) is 54.8 Å². The van der Waals surface area contributed by atoms with Crippen molar-refractivity contribution in [1.82, 2.24) is 25.3 Å². The van der Waals surface area contributed by atoms with E-state index in [-0.39, 0.29) is 10.7 Å². The number of tetrazole rings is 1. The van der Waals surface area contributed by atoms with E-state index in [2.05, 4.69) is 25.3 Å². The fourth-order valence-electron chi connectivity index (χ4n) is 4.21. The molecule has 1 aliphatic heterocycles. The molecule has 0 unspecified atom stereocenters. The summed E-state index contributed by atoms with van der Waals surface area (Å²) in [5.74, 6) is -0.950. The van der Waals surface area contributed by atoms with Crippen LogP contribution in [0.3, 0.4) is 0 Å². The molecular weight excluding hydrogens is 483 g/mol. The van der Waals surface area contributed by atoms with Crippen LogP contribution < -0.4 is 9.62 Å². The van der Waals surface area contributed by atoms with Crippen LogP contribution >= 0.6 is 11.6 Å². The van der Waals surface area contributed by atoms with E-state index in [1.807, 2.05) is 18.7 Å². The molecule has 12 heteroatoms. The summed E-state index contributed by atoms with van der Waals surface area (Å²) in [6.45, 7) is 7.44. The Morgan fingerprint density at radius 2 is 1.94 bits per heavy atom. The summed E-state index contributed by atoms with van der Waals surface area (Å²) in [4.78, 5) is 1.97. The first-order valence-electron chi connectivity index (χ1n) is 10.8. The van der Waals surface area contributed by atoms with Crippen LogP contribution in [0.5, 0.6) is 0 Å². The van der Waals surface area contributed by atoms with Gasteiger partial charge >= 0.3 is 0 Å². The number of H-pyrrole nitrogens is 1. The van der Waals surface area contributed by atoms with Gasteiger partial charge < -0.3 is 9.64 Å². The van der Waals surface area contributed by atoms with E-state index in [1.54, 1.807) is 19.1 Å². The number of aryl methyl sites for hydroxylation is 1. The first-order valence-corrected chi connectivity index (χ1v) is 12.7. The number of benzene rings is 2. The largest absolute Gasteiger partial charge is 0.378 e. The molecule has 1 aromatic heterocycles. The lowest BCUT2D eigenvalue weighted by atomic mass is 9.88. The summed E-state index contributed by atoms with van der Waals surface area (Å²) in [5.41, 5.74) is 2.49. The predicted molar refractivity (Wildman–Crippen MR) is 126 cm³/mol. The predicted octanol–water partition coefficient (Wildman–Crippen LogP) is 3.27. The minimum absolute atomic E-state index is 0.0564. The first kappa shape index (κ1) is 24.5. The van der Waals surface area contributed by atoms with E-state index >= 15 is 0 Å². The molecular formula is C22H26ClFN6O3S. The maximum absolute atomic E-state index is 14.9. The number of aromatic amines is 1. The number of ether oxygens (including phenoxy) is 1. The lowest BCUT2D eigenvalue weighted by molar-refractivity contribution is 0.122. The summed E-state index contributed by atoms with van der Waals surface area (Å²) in [6, 6.07) is 6.71. The minimum atomic E-state index is -4.11. The average Bonchev–Trinajstić information content (AvgIpc) is 3.35. The Hall–Kier alpha value is -2.60. The Morgan fingerprint density at radius 3 is 2.62 bits per heavy atom. The van der Waals surface area contributed by atoms with Crippen LogP contribution in [0.4, 0.5) is 10.1 Å². The third-order valence-corrected chi connectivity index (χ3v) is 7.90. The van der Waals surface area contributed by atoms with E-state index in [1.165, 1.54) is 18.2 Å². The highest BCUT2D eigenvalue weighted by Crippen LogP contribution is 2.36. The van der Waals surface area contributed by atoms with Gasteiger partial charge in [-0.25, -0.2) is 12.8 Å². The molecule has 0 saturated carbocycles. The molecule has 1 aliphatic rings. The Labute approximate surface area is 202 Å². The number of morpholine rings is 1.